The van der Waals surface area contributed by atoms with Crippen molar-refractivity contribution in [1.82, 2.24) is 14.5 Å². The summed E-state index contributed by atoms with van der Waals surface area (Å²) < 4.78 is 3.50. The topological polar surface area (TPSA) is 33.6 Å². The zero-order valence-corrected chi connectivity index (χ0v) is 11.0. The Morgan fingerprint density at radius 2 is 2.24 bits per heavy atom. The van der Waals surface area contributed by atoms with Crippen LogP contribution in [0.4, 0.5) is 0 Å². The molecule has 0 bridgehead atoms. The fraction of sp³-hybridized carbons (Fsp3) is 0.308. The predicted molar refractivity (Wildman–Crippen MR) is 72.5 cm³/mol. The second kappa shape index (κ2) is 3.74. The van der Waals surface area contributed by atoms with Crippen LogP contribution in [0.25, 0.3) is 21.7 Å². The first-order valence-corrected chi connectivity index (χ1v) is 6.63. The van der Waals surface area contributed by atoms with Gasteiger partial charge in [-0.2, -0.15) is 0 Å². The number of hydrogen-bond donors (Lipinski definition) is 1. The number of nitrogens with one attached hydrogen (secondary N) is 1. The van der Waals surface area contributed by atoms with Gasteiger partial charge in [-0.05, 0) is 23.4 Å². The highest BCUT2D eigenvalue weighted by Crippen LogP contribution is 2.29. The molecular formula is C13H15N3S. The first kappa shape index (κ1) is 10.6. The zero-order valence-electron chi connectivity index (χ0n) is 10.2. The molecule has 0 aliphatic carbocycles. The maximum absolute atomic E-state index is 4.47. The molecule has 3 nitrogen and oxygen atoms in total. The second-order valence-corrected chi connectivity index (χ2v) is 5.55. The summed E-state index contributed by atoms with van der Waals surface area (Å²) in [6.07, 6.45) is 1.93. The summed E-state index contributed by atoms with van der Waals surface area (Å²) in [4.78, 5) is 7.86. The lowest BCUT2D eigenvalue weighted by molar-refractivity contribution is 0.832. The van der Waals surface area contributed by atoms with Crippen LogP contribution >= 0.6 is 11.3 Å². The summed E-state index contributed by atoms with van der Waals surface area (Å²) in [7, 11) is 2.09. The van der Waals surface area contributed by atoms with E-state index in [4.69, 9.17) is 0 Å². The smallest absolute Gasteiger partial charge is 0.154 e. The van der Waals surface area contributed by atoms with Gasteiger partial charge in [-0.1, -0.05) is 13.8 Å². The SMILES string of the molecule is CC(C)c1cnc(-c2cc3sccc3n2C)[nH]1. The largest absolute Gasteiger partial charge is 0.340 e. The highest BCUT2D eigenvalue weighted by molar-refractivity contribution is 7.17. The van der Waals surface area contributed by atoms with Gasteiger partial charge in [-0.15, -0.1) is 11.3 Å². The molecule has 4 heteroatoms. The van der Waals surface area contributed by atoms with Crippen molar-refractivity contribution < 1.29 is 0 Å². The number of hydrogen-bond acceptors (Lipinski definition) is 2. The average molecular weight is 245 g/mol. The third kappa shape index (κ3) is 1.60. The summed E-state index contributed by atoms with van der Waals surface area (Å²) in [6, 6.07) is 4.35. The fourth-order valence-electron chi connectivity index (χ4n) is 2.04. The molecule has 3 aromatic heterocycles. The molecule has 0 amide bonds. The van der Waals surface area contributed by atoms with Gasteiger partial charge in [-0.25, -0.2) is 4.98 Å². The fourth-order valence-corrected chi connectivity index (χ4v) is 2.89. The predicted octanol–water partition coefficient (Wildman–Crippen LogP) is 3.75. The quantitative estimate of drug-likeness (QED) is 0.733. The Morgan fingerprint density at radius 3 is 2.88 bits per heavy atom. The van der Waals surface area contributed by atoms with E-state index in [1.165, 1.54) is 15.9 Å². The van der Waals surface area contributed by atoms with Gasteiger partial charge in [0.2, 0.25) is 0 Å². The molecule has 0 atom stereocenters. The highest BCUT2D eigenvalue weighted by atomic mass is 32.1. The van der Waals surface area contributed by atoms with Gasteiger partial charge >= 0.3 is 0 Å². The second-order valence-electron chi connectivity index (χ2n) is 4.60. The number of thiophene rings is 1. The maximum Gasteiger partial charge on any atom is 0.154 e. The Balaban J connectivity index is 2.13. The number of imidazole rings is 1. The molecule has 0 radical (unpaired) electrons. The van der Waals surface area contributed by atoms with Gasteiger partial charge < -0.3 is 9.55 Å². The molecule has 17 heavy (non-hydrogen) atoms. The van der Waals surface area contributed by atoms with Crippen molar-refractivity contribution in [2.75, 3.05) is 0 Å². The Hall–Kier alpha value is -1.55. The van der Waals surface area contributed by atoms with Crippen molar-refractivity contribution in [3.05, 3.63) is 29.4 Å². The molecule has 0 saturated carbocycles. The van der Waals surface area contributed by atoms with Crippen molar-refractivity contribution in [2.45, 2.75) is 19.8 Å². The van der Waals surface area contributed by atoms with Crippen LogP contribution in [0.3, 0.4) is 0 Å². The minimum Gasteiger partial charge on any atom is -0.340 e. The van der Waals surface area contributed by atoms with Gasteiger partial charge in [0, 0.05) is 18.9 Å². The van der Waals surface area contributed by atoms with E-state index in [2.05, 4.69) is 52.9 Å². The van der Waals surface area contributed by atoms with E-state index in [1.54, 1.807) is 11.3 Å². The third-order valence-electron chi connectivity index (χ3n) is 3.12. The van der Waals surface area contributed by atoms with Gasteiger partial charge in [0.25, 0.3) is 0 Å². The van der Waals surface area contributed by atoms with E-state index in [-0.39, 0.29) is 0 Å². The number of rotatable bonds is 2. The molecule has 0 aliphatic heterocycles. The van der Waals surface area contributed by atoms with Crippen LogP contribution in [-0.4, -0.2) is 14.5 Å². The van der Waals surface area contributed by atoms with Crippen LogP contribution in [0.15, 0.2) is 23.7 Å². The first-order chi connectivity index (χ1) is 8.16. The van der Waals surface area contributed by atoms with Crippen molar-refractivity contribution in [3.8, 4) is 11.5 Å². The summed E-state index contributed by atoms with van der Waals surface area (Å²) in [5, 5.41) is 2.12. The lowest BCUT2D eigenvalue weighted by Crippen LogP contribution is -1.93. The Kier molecular flexibility index (Phi) is 2.33. The van der Waals surface area contributed by atoms with Crippen LogP contribution in [-0.2, 0) is 7.05 Å². The average Bonchev–Trinajstić information content (AvgIpc) is 2.95. The molecule has 1 N–H and O–H groups in total. The highest BCUT2D eigenvalue weighted by Gasteiger charge is 2.12. The number of fused-ring (bicyclic) bond motifs is 1. The zero-order chi connectivity index (χ0) is 12.0. The van der Waals surface area contributed by atoms with Gasteiger partial charge in [0.05, 0.1) is 15.9 Å². The van der Waals surface area contributed by atoms with Crippen LogP contribution in [0.1, 0.15) is 25.5 Å². The van der Waals surface area contributed by atoms with E-state index >= 15 is 0 Å². The van der Waals surface area contributed by atoms with Crippen LogP contribution in [0.2, 0.25) is 0 Å². The molecule has 3 rings (SSSR count). The number of aromatic nitrogens is 3. The number of aromatic amines is 1. The molecule has 0 aromatic carbocycles. The lowest BCUT2D eigenvalue weighted by atomic mass is 10.2. The third-order valence-corrected chi connectivity index (χ3v) is 3.98. The Bertz CT molecular complexity index is 657. The van der Waals surface area contributed by atoms with Gasteiger partial charge in [0.15, 0.2) is 5.82 Å². The minimum atomic E-state index is 0.484. The molecule has 3 aromatic rings. The number of nitrogens with zero attached hydrogens (tertiary/aromatic N) is 2. The molecule has 3 heterocycles. The van der Waals surface area contributed by atoms with Crippen molar-refractivity contribution in [2.24, 2.45) is 7.05 Å². The summed E-state index contributed by atoms with van der Waals surface area (Å²) in [5.74, 6) is 1.44. The van der Waals surface area contributed by atoms with Crippen LogP contribution in [0.5, 0.6) is 0 Å². The van der Waals surface area contributed by atoms with E-state index < -0.39 is 0 Å². The van der Waals surface area contributed by atoms with Gasteiger partial charge in [-0.3, -0.25) is 0 Å². The van der Waals surface area contributed by atoms with Crippen LogP contribution < -0.4 is 0 Å². The Labute approximate surface area is 104 Å². The van der Waals surface area contributed by atoms with Gasteiger partial charge in [0.1, 0.15) is 0 Å². The standard InChI is InChI=1S/C13H15N3S/c1-8(2)9-7-14-13(15-9)11-6-12-10(16(11)3)4-5-17-12/h4-8H,1-3H3,(H,14,15). The van der Waals surface area contributed by atoms with E-state index in [0.717, 1.165) is 11.5 Å². The molecule has 0 unspecified atom stereocenters. The summed E-state index contributed by atoms with van der Waals surface area (Å²) in [6.45, 7) is 4.34. The molecule has 0 saturated heterocycles. The van der Waals surface area contributed by atoms with Crippen molar-refractivity contribution >= 4 is 21.6 Å². The monoisotopic (exact) mass is 245 g/mol. The maximum atomic E-state index is 4.47. The number of aryl methyl sites for hydroxylation is 1. The molecular weight excluding hydrogens is 230 g/mol. The lowest BCUT2D eigenvalue weighted by Gasteiger charge is -2.01. The normalized spacial score (nSPS) is 11.8. The number of H-pyrrole nitrogens is 1. The van der Waals surface area contributed by atoms with Crippen molar-refractivity contribution in [1.29, 1.82) is 0 Å². The Morgan fingerprint density at radius 1 is 1.41 bits per heavy atom. The molecule has 88 valence electrons. The van der Waals surface area contributed by atoms with E-state index in [0.29, 0.717) is 5.92 Å². The molecule has 0 aliphatic rings. The first-order valence-electron chi connectivity index (χ1n) is 5.75. The summed E-state index contributed by atoms with van der Waals surface area (Å²) in [5.41, 5.74) is 3.61. The van der Waals surface area contributed by atoms with E-state index in [9.17, 15) is 0 Å². The molecule has 0 fully saturated rings. The van der Waals surface area contributed by atoms with Crippen molar-refractivity contribution in [3.63, 3.8) is 0 Å². The van der Waals surface area contributed by atoms with E-state index in [1.807, 2.05) is 6.20 Å². The minimum absolute atomic E-state index is 0.484. The van der Waals surface area contributed by atoms with Crippen LogP contribution in [0, 0.1) is 0 Å². The molecule has 0 spiro atoms. The summed E-state index contributed by atoms with van der Waals surface area (Å²) >= 11 is 1.77.